The zero-order valence-corrected chi connectivity index (χ0v) is 9.84. The molecule has 2 aliphatic rings. The van der Waals surface area contributed by atoms with Crippen LogP contribution in [0.2, 0.25) is 4.63 Å². The fourth-order valence-corrected chi connectivity index (χ4v) is 6.46. The zero-order valence-electron chi connectivity index (χ0n) is 8.38. The molecule has 0 aromatic rings. The van der Waals surface area contributed by atoms with Gasteiger partial charge >= 0.3 is 82.2 Å². The third-order valence-electron chi connectivity index (χ3n) is 2.51. The third-order valence-corrected chi connectivity index (χ3v) is 9.06. The summed E-state index contributed by atoms with van der Waals surface area (Å²) in [4.78, 5) is 0. The van der Waals surface area contributed by atoms with Gasteiger partial charge in [-0.25, -0.2) is 0 Å². The Labute approximate surface area is 83.5 Å². The van der Waals surface area contributed by atoms with Gasteiger partial charge in [0.25, 0.3) is 0 Å². The van der Waals surface area contributed by atoms with Gasteiger partial charge in [-0.3, -0.25) is 0 Å². The van der Waals surface area contributed by atoms with Crippen LogP contribution in [0, 0.1) is 0 Å². The Balaban J connectivity index is 0.000000845. The largest absolute Gasteiger partial charge is 1.00 e. The molecular formula is C11H14Zr. The standard InChI is InChI=1S/2C5H5.CH3.Zr.H/c2*1-2-4-5-3-1;;;/h2*1-3H,4H2;1H3;;/q;;;+1;-1. The van der Waals surface area contributed by atoms with Crippen molar-refractivity contribution in [1.29, 1.82) is 0 Å². The van der Waals surface area contributed by atoms with Crippen molar-refractivity contribution in [3.05, 3.63) is 43.0 Å². The molecule has 0 fully saturated rings. The van der Waals surface area contributed by atoms with Crippen LogP contribution >= 0.6 is 0 Å². The molecule has 1 heteroatoms. The van der Waals surface area contributed by atoms with E-state index in [1.54, 1.807) is 6.56 Å². The van der Waals surface area contributed by atoms with Crippen molar-refractivity contribution >= 4 is 0 Å². The van der Waals surface area contributed by atoms with Crippen molar-refractivity contribution in [1.82, 2.24) is 0 Å². The summed E-state index contributed by atoms with van der Waals surface area (Å²) in [6.07, 6.45) is 16.1. The van der Waals surface area contributed by atoms with Crippen LogP contribution in [0.1, 0.15) is 14.3 Å². The van der Waals surface area contributed by atoms with Crippen molar-refractivity contribution in [3.8, 4) is 0 Å². The molecule has 2 rings (SSSR count). The van der Waals surface area contributed by atoms with Crippen molar-refractivity contribution in [3.63, 3.8) is 0 Å². The van der Waals surface area contributed by atoms with E-state index >= 15 is 0 Å². The van der Waals surface area contributed by atoms with Gasteiger partial charge < -0.3 is 1.43 Å². The van der Waals surface area contributed by atoms with Crippen LogP contribution in [-0.4, -0.2) is 0 Å². The average Bonchev–Trinajstić information content (AvgIpc) is 2.77. The molecule has 0 heterocycles. The summed E-state index contributed by atoms with van der Waals surface area (Å²) >= 11 is -1.27. The van der Waals surface area contributed by atoms with E-state index in [0.717, 1.165) is 0 Å². The van der Waals surface area contributed by atoms with Crippen LogP contribution in [-0.2, 0) is 21.8 Å². The molecule has 0 spiro atoms. The molecule has 0 saturated heterocycles. The fourth-order valence-electron chi connectivity index (χ4n) is 1.66. The first-order valence-electron chi connectivity index (χ1n) is 4.43. The van der Waals surface area contributed by atoms with Gasteiger partial charge in [0.15, 0.2) is 0 Å². The number of rotatable bonds is 2. The van der Waals surface area contributed by atoms with E-state index in [1.807, 2.05) is 0 Å². The van der Waals surface area contributed by atoms with Crippen molar-refractivity contribution in [2.45, 2.75) is 17.5 Å². The first-order chi connectivity index (χ1) is 5.88. The molecule has 0 saturated carbocycles. The summed E-state index contributed by atoms with van der Waals surface area (Å²) in [6, 6.07) is 0. The summed E-state index contributed by atoms with van der Waals surface area (Å²) in [7, 11) is 0. The Morgan fingerprint density at radius 3 is 1.92 bits per heavy atom. The van der Waals surface area contributed by atoms with E-state index in [2.05, 4.69) is 41.1 Å². The van der Waals surface area contributed by atoms with E-state index < -0.39 is 21.8 Å². The van der Waals surface area contributed by atoms with Crippen LogP contribution in [0.5, 0.6) is 0 Å². The zero-order chi connectivity index (χ0) is 8.39. The minimum Gasteiger partial charge on any atom is -1.00 e. The maximum atomic E-state index is 2.50. The Morgan fingerprint density at radius 2 is 1.58 bits per heavy atom. The van der Waals surface area contributed by atoms with E-state index in [1.165, 1.54) is 12.8 Å². The van der Waals surface area contributed by atoms with Gasteiger partial charge in [0.1, 0.15) is 0 Å². The maximum absolute atomic E-state index is 2.50. The van der Waals surface area contributed by atoms with Gasteiger partial charge in [0.05, 0.1) is 0 Å². The van der Waals surface area contributed by atoms with E-state index in [4.69, 9.17) is 0 Å². The summed E-state index contributed by atoms with van der Waals surface area (Å²) < 4.78 is 6.01. The van der Waals surface area contributed by atoms with Crippen LogP contribution < -0.4 is 0 Å². The third kappa shape index (κ3) is 1.61. The Bertz CT molecular complexity index is 267. The Kier molecular flexibility index (Phi) is 2.61. The predicted molar refractivity (Wildman–Crippen MR) is 50.7 cm³/mol. The topological polar surface area (TPSA) is 0 Å². The van der Waals surface area contributed by atoms with Crippen LogP contribution in [0.4, 0.5) is 0 Å². The average molecular weight is 237 g/mol. The van der Waals surface area contributed by atoms with Crippen LogP contribution in [0.15, 0.2) is 43.0 Å². The molecule has 0 N–H and O–H groups in total. The van der Waals surface area contributed by atoms with Gasteiger partial charge in [-0.15, -0.1) is 0 Å². The number of allylic oxidation sites excluding steroid dienone is 8. The Morgan fingerprint density at radius 1 is 1.08 bits per heavy atom. The second-order valence-corrected chi connectivity index (χ2v) is 9.50. The molecule has 0 unspecified atom stereocenters. The summed E-state index contributed by atoms with van der Waals surface area (Å²) in [5, 5.41) is 0. The molecule has 0 atom stereocenters. The summed E-state index contributed by atoms with van der Waals surface area (Å²) in [5.41, 5.74) is 0. The van der Waals surface area contributed by atoms with Gasteiger partial charge in [-0.05, 0) is 0 Å². The monoisotopic (exact) mass is 236 g/mol. The molecule has 0 bridgehead atoms. The molecular weight excluding hydrogens is 223 g/mol. The molecule has 0 aromatic carbocycles. The van der Waals surface area contributed by atoms with E-state index in [9.17, 15) is 0 Å². The molecule has 62 valence electrons. The Hall–Kier alpha value is -0.157. The van der Waals surface area contributed by atoms with Crippen LogP contribution in [0.25, 0.3) is 0 Å². The minimum atomic E-state index is -1.27. The molecule has 2 aliphatic carbocycles. The van der Waals surface area contributed by atoms with Gasteiger partial charge in [0, 0.05) is 0 Å². The summed E-state index contributed by atoms with van der Waals surface area (Å²) in [6.45, 7) is 0. The first-order valence-corrected chi connectivity index (χ1v) is 9.35. The molecule has 12 heavy (non-hydrogen) atoms. The first kappa shape index (κ1) is 8.44. The van der Waals surface area contributed by atoms with Crippen molar-refractivity contribution in [2.75, 3.05) is 0 Å². The van der Waals surface area contributed by atoms with E-state index in [-0.39, 0.29) is 1.43 Å². The van der Waals surface area contributed by atoms with E-state index in [0.29, 0.717) is 0 Å². The second-order valence-electron chi connectivity index (χ2n) is 3.27. The smallest absolute Gasteiger partial charge is 1.00 e. The van der Waals surface area contributed by atoms with Gasteiger partial charge in [0.2, 0.25) is 0 Å². The van der Waals surface area contributed by atoms with Crippen molar-refractivity contribution in [2.24, 2.45) is 0 Å². The molecule has 0 nitrogen and oxygen atoms in total. The normalized spacial score (nSPS) is 19.8. The molecule has 0 aliphatic heterocycles. The fraction of sp³-hybridized carbons (Fsp3) is 0.273. The molecule has 0 amide bonds. The predicted octanol–water partition coefficient (Wildman–Crippen LogP) is 3.45. The number of hydrogen-bond acceptors (Lipinski definition) is 0. The maximum Gasteiger partial charge on any atom is -1.00 e. The second kappa shape index (κ2) is 3.70. The van der Waals surface area contributed by atoms with Gasteiger partial charge in [-0.1, -0.05) is 0 Å². The molecule has 0 aromatic heterocycles. The van der Waals surface area contributed by atoms with Crippen molar-refractivity contribution < 1.29 is 23.2 Å². The van der Waals surface area contributed by atoms with Crippen LogP contribution in [0.3, 0.4) is 0 Å². The minimum absolute atomic E-state index is 0. The molecule has 0 radical (unpaired) electrons. The summed E-state index contributed by atoms with van der Waals surface area (Å²) in [5.74, 6) is 0. The number of hydrogen-bond donors (Lipinski definition) is 0. The van der Waals surface area contributed by atoms with Gasteiger partial charge in [-0.2, -0.15) is 0 Å². The SMILES string of the molecule is [CH3][Zr+]([C]1=CC=CC1)[C]1=CC=CC1.[H-]. The quantitative estimate of drug-likeness (QED) is 0.690.